The summed E-state index contributed by atoms with van der Waals surface area (Å²) < 4.78 is 0. The van der Waals surface area contributed by atoms with Crippen molar-refractivity contribution in [3.8, 4) is 6.07 Å². The molecule has 0 aromatic carbocycles. The van der Waals surface area contributed by atoms with E-state index in [1.54, 1.807) is 12.3 Å². The van der Waals surface area contributed by atoms with Crippen LogP contribution in [0.25, 0.3) is 0 Å². The van der Waals surface area contributed by atoms with Crippen molar-refractivity contribution < 1.29 is 4.79 Å². The van der Waals surface area contributed by atoms with Gasteiger partial charge in [-0.2, -0.15) is 5.26 Å². The van der Waals surface area contributed by atoms with Gasteiger partial charge < -0.3 is 10.2 Å². The van der Waals surface area contributed by atoms with Crippen molar-refractivity contribution in [2.24, 2.45) is 0 Å². The highest BCUT2D eigenvalue weighted by molar-refractivity contribution is 7.12. The van der Waals surface area contributed by atoms with Crippen LogP contribution in [0.5, 0.6) is 0 Å². The molecule has 3 rings (SSSR count). The quantitative estimate of drug-likeness (QED) is 0.945. The van der Waals surface area contributed by atoms with Gasteiger partial charge in [0.15, 0.2) is 0 Å². The number of amides is 1. The fourth-order valence-corrected chi connectivity index (χ4v) is 3.18. The van der Waals surface area contributed by atoms with E-state index < -0.39 is 0 Å². The number of nitrogens with one attached hydrogen (secondary N) is 1. The number of nitrogens with zero attached hydrogens (tertiary/aromatic N) is 3. The van der Waals surface area contributed by atoms with Crippen molar-refractivity contribution in [3.05, 3.63) is 46.3 Å². The number of aromatic nitrogens is 1. The Kier molecular flexibility index (Phi) is 4.35. The van der Waals surface area contributed by atoms with Crippen molar-refractivity contribution in [1.29, 1.82) is 5.26 Å². The number of rotatable bonds is 3. The standard InChI is InChI=1S/C16H16N4OS/c17-10-12-3-4-15(18-11-12)20-7-5-13(6-8-20)19-16(21)14-2-1-9-22-14/h1-4,9,11,13H,5-8H2,(H,19,21). The van der Waals surface area contributed by atoms with Gasteiger partial charge in [0.25, 0.3) is 5.91 Å². The summed E-state index contributed by atoms with van der Waals surface area (Å²) in [6.45, 7) is 1.71. The third-order valence-corrected chi connectivity index (χ3v) is 4.64. The Balaban J connectivity index is 1.54. The molecule has 2 aromatic rings. The molecule has 1 N–H and O–H groups in total. The van der Waals surface area contributed by atoms with Gasteiger partial charge in [-0.25, -0.2) is 4.98 Å². The van der Waals surface area contributed by atoms with E-state index in [1.165, 1.54) is 11.3 Å². The van der Waals surface area contributed by atoms with Crippen LogP contribution in [-0.4, -0.2) is 30.0 Å². The minimum atomic E-state index is 0.0185. The van der Waals surface area contributed by atoms with Crippen LogP contribution in [0.2, 0.25) is 0 Å². The van der Waals surface area contributed by atoms with E-state index >= 15 is 0 Å². The number of nitriles is 1. The lowest BCUT2D eigenvalue weighted by atomic mass is 10.0. The van der Waals surface area contributed by atoms with Crippen molar-refractivity contribution >= 4 is 23.1 Å². The molecule has 1 saturated heterocycles. The van der Waals surface area contributed by atoms with Crippen molar-refractivity contribution in [1.82, 2.24) is 10.3 Å². The third kappa shape index (κ3) is 3.26. The van der Waals surface area contributed by atoms with Crippen molar-refractivity contribution in [2.45, 2.75) is 18.9 Å². The maximum atomic E-state index is 12.0. The molecule has 1 fully saturated rings. The van der Waals surface area contributed by atoms with Gasteiger partial charge in [0, 0.05) is 25.3 Å². The van der Waals surface area contributed by atoms with E-state index in [0.717, 1.165) is 36.6 Å². The highest BCUT2D eigenvalue weighted by Gasteiger charge is 2.22. The molecule has 0 saturated carbocycles. The molecule has 1 aliphatic rings. The zero-order valence-electron chi connectivity index (χ0n) is 12.0. The number of carbonyl (C=O) groups excluding carboxylic acids is 1. The lowest BCUT2D eigenvalue weighted by Gasteiger charge is -2.33. The molecule has 112 valence electrons. The Hall–Kier alpha value is -2.39. The second-order valence-electron chi connectivity index (χ2n) is 5.23. The number of pyridine rings is 1. The largest absolute Gasteiger partial charge is 0.356 e. The maximum absolute atomic E-state index is 12.0. The zero-order chi connectivity index (χ0) is 15.4. The predicted molar refractivity (Wildman–Crippen MR) is 86.0 cm³/mol. The summed E-state index contributed by atoms with van der Waals surface area (Å²) >= 11 is 1.46. The van der Waals surface area contributed by atoms with E-state index in [4.69, 9.17) is 5.26 Å². The smallest absolute Gasteiger partial charge is 0.261 e. The van der Waals surface area contributed by atoms with Gasteiger partial charge in [-0.15, -0.1) is 11.3 Å². The molecule has 3 heterocycles. The van der Waals surface area contributed by atoms with Crippen LogP contribution in [0.3, 0.4) is 0 Å². The number of piperidine rings is 1. The topological polar surface area (TPSA) is 69.0 Å². The predicted octanol–water partition coefficient (Wildman–Crippen LogP) is 2.41. The first-order valence-electron chi connectivity index (χ1n) is 7.22. The minimum absolute atomic E-state index is 0.0185. The lowest BCUT2D eigenvalue weighted by Crippen LogP contribution is -2.44. The normalized spacial score (nSPS) is 15.3. The van der Waals surface area contributed by atoms with Gasteiger partial charge in [-0.3, -0.25) is 4.79 Å². The number of hydrogen-bond acceptors (Lipinski definition) is 5. The first kappa shape index (κ1) is 14.5. The summed E-state index contributed by atoms with van der Waals surface area (Å²) in [5.41, 5.74) is 0.571. The van der Waals surface area contributed by atoms with Crippen LogP contribution in [0.15, 0.2) is 35.8 Å². The monoisotopic (exact) mass is 312 g/mol. The van der Waals surface area contributed by atoms with Crippen molar-refractivity contribution in [2.75, 3.05) is 18.0 Å². The molecule has 1 amide bonds. The van der Waals surface area contributed by atoms with Gasteiger partial charge in [-0.1, -0.05) is 6.07 Å². The summed E-state index contributed by atoms with van der Waals surface area (Å²) in [6.07, 6.45) is 3.40. The van der Waals surface area contributed by atoms with Crippen LogP contribution in [-0.2, 0) is 0 Å². The van der Waals surface area contributed by atoms with Crippen molar-refractivity contribution in [3.63, 3.8) is 0 Å². The van der Waals surface area contributed by atoms with E-state index in [1.807, 2.05) is 23.6 Å². The molecule has 0 bridgehead atoms. The lowest BCUT2D eigenvalue weighted by molar-refractivity contribution is 0.0935. The molecule has 2 aromatic heterocycles. The van der Waals surface area contributed by atoms with Gasteiger partial charge in [0.2, 0.25) is 0 Å². The van der Waals surface area contributed by atoms with Gasteiger partial charge in [-0.05, 0) is 36.4 Å². The SMILES string of the molecule is N#Cc1ccc(N2CCC(NC(=O)c3cccs3)CC2)nc1. The fraction of sp³-hybridized carbons (Fsp3) is 0.312. The average molecular weight is 312 g/mol. The fourth-order valence-electron chi connectivity index (χ4n) is 2.56. The molecule has 5 nitrogen and oxygen atoms in total. The molecule has 0 spiro atoms. The van der Waals surface area contributed by atoms with Crippen LogP contribution in [0.4, 0.5) is 5.82 Å². The Morgan fingerprint density at radius 1 is 1.36 bits per heavy atom. The van der Waals surface area contributed by atoms with E-state index in [2.05, 4.69) is 21.3 Å². The van der Waals surface area contributed by atoms with E-state index in [-0.39, 0.29) is 11.9 Å². The van der Waals surface area contributed by atoms with E-state index in [0.29, 0.717) is 5.56 Å². The maximum Gasteiger partial charge on any atom is 0.261 e. The first-order chi connectivity index (χ1) is 10.8. The Bertz CT molecular complexity index is 667. The number of carbonyl (C=O) groups is 1. The molecule has 22 heavy (non-hydrogen) atoms. The molecule has 0 atom stereocenters. The second kappa shape index (κ2) is 6.58. The Morgan fingerprint density at radius 2 is 2.18 bits per heavy atom. The van der Waals surface area contributed by atoms with Gasteiger partial charge in [0.05, 0.1) is 10.4 Å². The summed E-state index contributed by atoms with van der Waals surface area (Å²) in [5.74, 6) is 0.909. The second-order valence-corrected chi connectivity index (χ2v) is 6.18. The Morgan fingerprint density at radius 3 is 2.77 bits per heavy atom. The summed E-state index contributed by atoms with van der Waals surface area (Å²) in [4.78, 5) is 19.3. The molecule has 0 aliphatic carbocycles. The molecule has 0 unspecified atom stereocenters. The summed E-state index contributed by atoms with van der Waals surface area (Å²) in [7, 11) is 0. The number of hydrogen-bond donors (Lipinski definition) is 1. The van der Waals surface area contributed by atoms with Crippen LogP contribution < -0.4 is 10.2 Å². The van der Waals surface area contributed by atoms with Crippen LogP contribution in [0.1, 0.15) is 28.1 Å². The van der Waals surface area contributed by atoms with Crippen LogP contribution >= 0.6 is 11.3 Å². The highest BCUT2D eigenvalue weighted by Crippen LogP contribution is 2.18. The third-order valence-electron chi connectivity index (χ3n) is 3.78. The average Bonchev–Trinajstić information content (AvgIpc) is 3.10. The number of thiophene rings is 1. The highest BCUT2D eigenvalue weighted by atomic mass is 32.1. The molecular formula is C16H16N4OS. The van der Waals surface area contributed by atoms with E-state index in [9.17, 15) is 4.79 Å². The minimum Gasteiger partial charge on any atom is -0.356 e. The van der Waals surface area contributed by atoms with Gasteiger partial charge in [0.1, 0.15) is 11.9 Å². The number of anilines is 1. The summed E-state index contributed by atoms with van der Waals surface area (Å²) in [6, 6.07) is 9.68. The molecule has 6 heteroatoms. The zero-order valence-corrected chi connectivity index (χ0v) is 12.8. The first-order valence-corrected chi connectivity index (χ1v) is 8.09. The van der Waals surface area contributed by atoms with Crippen LogP contribution in [0, 0.1) is 11.3 Å². The Labute approximate surface area is 133 Å². The molecular weight excluding hydrogens is 296 g/mol. The summed E-state index contributed by atoms with van der Waals surface area (Å²) in [5, 5.41) is 13.8. The van der Waals surface area contributed by atoms with Gasteiger partial charge >= 0.3 is 0 Å². The molecule has 0 radical (unpaired) electrons. The molecule has 1 aliphatic heterocycles.